The number of halogens is 3. The number of pyridine rings is 1. The number of ether oxygens (including phenoxy) is 1. The lowest BCUT2D eigenvalue weighted by molar-refractivity contribution is -0.115. The smallest absolute Gasteiger partial charge is 0.381 e. The number of rotatable bonds is 5. The zero-order valence-electron chi connectivity index (χ0n) is 16.0. The van der Waals surface area contributed by atoms with Crippen LogP contribution in [0.1, 0.15) is 18.5 Å². The lowest BCUT2D eigenvalue weighted by Crippen LogP contribution is -2.21. The van der Waals surface area contributed by atoms with Gasteiger partial charge in [0.1, 0.15) is 18.7 Å². The molecule has 1 saturated heterocycles. The number of nitrogens with one attached hydrogen (secondary N) is 1. The Kier molecular flexibility index (Phi) is 5.40. The molecule has 1 aliphatic heterocycles. The van der Waals surface area contributed by atoms with Crippen LogP contribution in [-0.4, -0.2) is 45.5 Å². The molecule has 0 radical (unpaired) electrons. The van der Waals surface area contributed by atoms with E-state index in [-0.39, 0.29) is 5.82 Å². The van der Waals surface area contributed by atoms with Crippen LogP contribution in [0.4, 0.5) is 19.0 Å². The summed E-state index contributed by atoms with van der Waals surface area (Å²) in [6, 6.07) is 5.55. The van der Waals surface area contributed by atoms with Gasteiger partial charge in [-0.3, -0.25) is 4.98 Å². The average Bonchev–Trinajstić information content (AvgIpc) is 3.03. The standard InChI is InChI=1S/C20H22F3N5O/c1-28-17-8-15(6-13-2-4-29-5-3-13)24-10-14(17)7-18(28)16-9-19(27-12-26-16)25-11-20(21,22)23/h7-10,12-13H,2-6,11H2,1H3,(H,25,26,27). The van der Waals surface area contributed by atoms with Gasteiger partial charge in [0.05, 0.1) is 16.9 Å². The number of anilines is 1. The van der Waals surface area contributed by atoms with E-state index < -0.39 is 12.7 Å². The Morgan fingerprint density at radius 3 is 2.69 bits per heavy atom. The van der Waals surface area contributed by atoms with Crippen molar-refractivity contribution >= 4 is 16.7 Å². The Balaban J connectivity index is 1.59. The van der Waals surface area contributed by atoms with Gasteiger partial charge >= 0.3 is 6.18 Å². The zero-order valence-corrected chi connectivity index (χ0v) is 16.0. The molecule has 6 nitrogen and oxygen atoms in total. The highest BCUT2D eigenvalue weighted by atomic mass is 19.4. The van der Waals surface area contributed by atoms with Gasteiger partial charge in [0.15, 0.2) is 0 Å². The van der Waals surface area contributed by atoms with Crippen molar-refractivity contribution in [2.75, 3.05) is 25.1 Å². The molecule has 3 aromatic rings. The molecular formula is C20H22F3N5O. The maximum Gasteiger partial charge on any atom is 0.405 e. The Bertz CT molecular complexity index is 995. The molecule has 4 heterocycles. The van der Waals surface area contributed by atoms with Crippen LogP contribution in [-0.2, 0) is 18.2 Å². The Hall–Kier alpha value is -2.68. The molecule has 29 heavy (non-hydrogen) atoms. The van der Waals surface area contributed by atoms with Gasteiger partial charge in [-0.05, 0) is 37.3 Å². The van der Waals surface area contributed by atoms with Crippen LogP contribution in [0.15, 0.2) is 30.7 Å². The minimum absolute atomic E-state index is 0.135. The first kappa shape index (κ1) is 19.6. The Labute approximate surface area is 166 Å². The van der Waals surface area contributed by atoms with Gasteiger partial charge in [0, 0.05) is 43.6 Å². The van der Waals surface area contributed by atoms with Crippen LogP contribution in [0.2, 0.25) is 0 Å². The summed E-state index contributed by atoms with van der Waals surface area (Å²) >= 11 is 0. The highest BCUT2D eigenvalue weighted by molar-refractivity contribution is 5.86. The molecule has 154 valence electrons. The van der Waals surface area contributed by atoms with Crippen LogP contribution >= 0.6 is 0 Å². The molecule has 0 unspecified atom stereocenters. The molecule has 0 aliphatic carbocycles. The van der Waals surface area contributed by atoms with Gasteiger partial charge in [-0.1, -0.05) is 0 Å². The third kappa shape index (κ3) is 4.67. The second kappa shape index (κ2) is 7.98. The van der Waals surface area contributed by atoms with E-state index in [0.717, 1.165) is 54.8 Å². The quantitative estimate of drug-likeness (QED) is 0.696. The monoisotopic (exact) mass is 405 g/mol. The molecule has 1 N–H and O–H groups in total. The number of aromatic nitrogens is 4. The van der Waals surface area contributed by atoms with Crippen LogP contribution in [0.25, 0.3) is 22.3 Å². The Morgan fingerprint density at radius 1 is 1.14 bits per heavy atom. The molecule has 0 spiro atoms. The van der Waals surface area contributed by atoms with Gasteiger partial charge in [-0.25, -0.2) is 9.97 Å². The highest BCUT2D eigenvalue weighted by Crippen LogP contribution is 2.28. The zero-order chi connectivity index (χ0) is 20.4. The molecule has 0 atom stereocenters. The summed E-state index contributed by atoms with van der Waals surface area (Å²) in [4.78, 5) is 12.7. The number of alkyl halides is 3. The summed E-state index contributed by atoms with van der Waals surface area (Å²) in [6.07, 6.45) is 1.81. The SMILES string of the molecule is Cn1c(-c2cc(NCC(F)(F)F)ncn2)cc2cnc(CC3CCOCC3)cc21. The van der Waals surface area contributed by atoms with Crippen molar-refractivity contribution in [2.45, 2.75) is 25.4 Å². The minimum Gasteiger partial charge on any atom is -0.381 e. The predicted octanol–water partition coefficient (Wildman–Crippen LogP) is 3.97. The normalized spacial score (nSPS) is 15.7. The summed E-state index contributed by atoms with van der Waals surface area (Å²) in [7, 11) is 1.92. The van der Waals surface area contributed by atoms with E-state index in [0.29, 0.717) is 11.6 Å². The number of aryl methyl sites for hydroxylation is 1. The van der Waals surface area contributed by atoms with Crippen LogP contribution in [0.3, 0.4) is 0 Å². The van der Waals surface area contributed by atoms with Gasteiger partial charge in [-0.15, -0.1) is 0 Å². The maximum absolute atomic E-state index is 12.5. The predicted molar refractivity (Wildman–Crippen MR) is 104 cm³/mol. The first-order valence-corrected chi connectivity index (χ1v) is 9.54. The van der Waals surface area contributed by atoms with Crippen molar-refractivity contribution < 1.29 is 17.9 Å². The van der Waals surface area contributed by atoms with Crippen molar-refractivity contribution in [2.24, 2.45) is 13.0 Å². The first-order valence-electron chi connectivity index (χ1n) is 9.54. The van der Waals surface area contributed by atoms with Gasteiger partial charge < -0.3 is 14.6 Å². The highest BCUT2D eigenvalue weighted by Gasteiger charge is 2.27. The third-order valence-corrected chi connectivity index (χ3v) is 5.22. The fourth-order valence-electron chi connectivity index (χ4n) is 3.66. The van der Waals surface area contributed by atoms with E-state index >= 15 is 0 Å². The van der Waals surface area contributed by atoms with Gasteiger partial charge in [0.2, 0.25) is 0 Å². The molecule has 0 saturated carbocycles. The molecule has 0 aromatic carbocycles. The molecule has 4 rings (SSSR count). The fraction of sp³-hybridized carbons (Fsp3) is 0.450. The van der Waals surface area contributed by atoms with Gasteiger partial charge in [0.25, 0.3) is 0 Å². The Morgan fingerprint density at radius 2 is 1.93 bits per heavy atom. The van der Waals surface area contributed by atoms with Crippen molar-refractivity contribution in [3.8, 4) is 11.4 Å². The van der Waals surface area contributed by atoms with Crippen molar-refractivity contribution in [1.82, 2.24) is 19.5 Å². The average molecular weight is 405 g/mol. The first-order chi connectivity index (χ1) is 13.9. The molecule has 0 amide bonds. The fourth-order valence-corrected chi connectivity index (χ4v) is 3.66. The van der Waals surface area contributed by atoms with Crippen LogP contribution < -0.4 is 5.32 Å². The summed E-state index contributed by atoms with van der Waals surface area (Å²) in [5, 5.41) is 3.25. The second-order valence-electron chi connectivity index (χ2n) is 7.34. The summed E-state index contributed by atoms with van der Waals surface area (Å²) in [5.74, 6) is 0.716. The number of nitrogens with zero attached hydrogens (tertiary/aromatic N) is 4. The molecular weight excluding hydrogens is 383 g/mol. The lowest BCUT2D eigenvalue weighted by Gasteiger charge is -2.21. The van der Waals surface area contributed by atoms with Gasteiger partial charge in [-0.2, -0.15) is 13.2 Å². The van der Waals surface area contributed by atoms with E-state index in [4.69, 9.17) is 4.74 Å². The molecule has 9 heteroatoms. The van der Waals surface area contributed by atoms with Crippen molar-refractivity contribution in [3.63, 3.8) is 0 Å². The second-order valence-corrected chi connectivity index (χ2v) is 7.34. The summed E-state index contributed by atoms with van der Waals surface area (Å²) < 4.78 is 44.8. The molecule has 1 fully saturated rings. The summed E-state index contributed by atoms with van der Waals surface area (Å²) in [5.41, 5.74) is 3.39. The van der Waals surface area contributed by atoms with E-state index in [1.54, 1.807) is 0 Å². The van der Waals surface area contributed by atoms with Crippen molar-refractivity contribution in [1.29, 1.82) is 0 Å². The van der Waals surface area contributed by atoms with E-state index in [2.05, 4.69) is 26.3 Å². The number of hydrogen-bond acceptors (Lipinski definition) is 5. The van der Waals surface area contributed by atoms with E-state index in [1.165, 1.54) is 12.4 Å². The largest absolute Gasteiger partial charge is 0.405 e. The molecule has 0 bridgehead atoms. The third-order valence-electron chi connectivity index (χ3n) is 5.22. The number of hydrogen-bond donors (Lipinski definition) is 1. The van der Waals surface area contributed by atoms with Crippen LogP contribution in [0.5, 0.6) is 0 Å². The van der Waals surface area contributed by atoms with Crippen molar-refractivity contribution in [3.05, 3.63) is 36.4 Å². The summed E-state index contributed by atoms with van der Waals surface area (Å²) in [6.45, 7) is 0.470. The number of fused-ring (bicyclic) bond motifs is 1. The van der Waals surface area contributed by atoms with E-state index in [1.807, 2.05) is 23.9 Å². The maximum atomic E-state index is 12.5. The topological polar surface area (TPSA) is 64.9 Å². The lowest BCUT2D eigenvalue weighted by atomic mass is 9.94. The minimum atomic E-state index is -4.31. The molecule has 1 aliphatic rings. The van der Waals surface area contributed by atoms with E-state index in [9.17, 15) is 13.2 Å². The molecule has 3 aromatic heterocycles. The van der Waals surface area contributed by atoms with Crippen LogP contribution in [0, 0.1) is 5.92 Å².